The molecule has 20 heavy (non-hydrogen) atoms. The highest BCUT2D eigenvalue weighted by Crippen LogP contribution is 2.16. The van der Waals surface area contributed by atoms with E-state index in [0.29, 0.717) is 0 Å². The molecule has 0 heterocycles. The van der Waals surface area contributed by atoms with Gasteiger partial charge in [0.05, 0.1) is 12.2 Å². The van der Waals surface area contributed by atoms with Gasteiger partial charge in [0, 0.05) is 16.2 Å². The van der Waals surface area contributed by atoms with Gasteiger partial charge in [-0.2, -0.15) is 0 Å². The van der Waals surface area contributed by atoms with Crippen molar-refractivity contribution in [2.24, 2.45) is 0 Å². The van der Waals surface area contributed by atoms with Gasteiger partial charge in [-0.25, -0.2) is 8.78 Å². The molecule has 1 amide bonds. The van der Waals surface area contributed by atoms with Gasteiger partial charge < -0.3 is 10.6 Å². The van der Waals surface area contributed by atoms with Gasteiger partial charge in [-0.3, -0.25) is 4.79 Å². The number of amides is 1. The van der Waals surface area contributed by atoms with E-state index in [9.17, 15) is 13.6 Å². The summed E-state index contributed by atoms with van der Waals surface area (Å²) in [5, 5.41) is 5.19. The van der Waals surface area contributed by atoms with Crippen molar-refractivity contribution in [3.05, 3.63) is 58.6 Å². The van der Waals surface area contributed by atoms with Crippen LogP contribution in [0.3, 0.4) is 0 Å². The molecule has 0 saturated carbocycles. The van der Waals surface area contributed by atoms with E-state index in [0.717, 1.165) is 28.4 Å². The standard InChI is InChI=1S/C14H11BrF2N2O/c15-9-2-1-3-11(6-9)18-8-14(20)19-13-7-10(16)4-5-12(13)17/h1-7,18H,8H2,(H,19,20). The Morgan fingerprint density at radius 2 is 1.95 bits per heavy atom. The molecule has 2 aromatic carbocycles. The Morgan fingerprint density at radius 3 is 2.70 bits per heavy atom. The molecule has 0 bridgehead atoms. The Morgan fingerprint density at radius 1 is 1.15 bits per heavy atom. The van der Waals surface area contributed by atoms with Gasteiger partial charge in [0.25, 0.3) is 0 Å². The maximum absolute atomic E-state index is 13.3. The fourth-order valence-electron chi connectivity index (χ4n) is 1.57. The van der Waals surface area contributed by atoms with Crippen molar-refractivity contribution in [1.29, 1.82) is 0 Å². The summed E-state index contributed by atoms with van der Waals surface area (Å²) in [6.45, 7) is -0.0492. The second kappa shape index (κ2) is 6.47. The highest BCUT2D eigenvalue weighted by molar-refractivity contribution is 9.10. The molecule has 0 aliphatic heterocycles. The number of carbonyl (C=O) groups is 1. The lowest BCUT2D eigenvalue weighted by molar-refractivity contribution is -0.114. The molecule has 0 aliphatic carbocycles. The van der Waals surface area contributed by atoms with E-state index in [2.05, 4.69) is 26.6 Å². The van der Waals surface area contributed by atoms with Crippen molar-refractivity contribution < 1.29 is 13.6 Å². The molecule has 0 radical (unpaired) electrons. The Hall–Kier alpha value is -1.95. The van der Waals surface area contributed by atoms with Crippen molar-refractivity contribution in [2.75, 3.05) is 17.2 Å². The van der Waals surface area contributed by atoms with Crippen LogP contribution in [0.5, 0.6) is 0 Å². The van der Waals surface area contributed by atoms with E-state index < -0.39 is 17.5 Å². The van der Waals surface area contributed by atoms with E-state index >= 15 is 0 Å². The Labute approximate surface area is 123 Å². The van der Waals surface area contributed by atoms with Crippen molar-refractivity contribution >= 4 is 33.2 Å². The summed E-state index contributed by atoms with van der Waals surface area (Å²) in [6, 6.07) is 10.2. The lowest BCUT2D eigenvalue weighted by atomic mass is 10.3. The highest BCUT2D eigenvalue weighted by atomic mass is 79.9. The second-order valence-corrected chi connectivity index (χ2v) is 4.95. The van der Waals surface area contributed by atoms with Crippen LogP contribution in [-0.4, -0.2) is 12.5 Å². The second-order valence-electron chi connectivity index (χ2n) is 4.04. The SMILES string of the molecule is O=C(CNc1cccc(Br)c1)Nc1cc(F)ccc1F. The topological polar surface area (TPSA) is 41.1 Å². The van der Waals surface area contributed by atoms with Crippen LogP contribution < -0.4 is 10.6 Å². The smallest absolute Gasteiger partial charge is 0.243 e. The minimum absolute atomic E-state index is 0.0492. The zero-order valence-electron chi connectivity index (χ0n) is 10.3. The number of anilines is 2. The predicted molar refractivity (Wildman–Crippen MR) is 77.6 cm³/mol. The lowest BCUT2D eigenvalue weighted by Crippen LogP contribution is -2.22. The van der Waals surface area contributed by atoms with Crippen LogP contribution in [0, 0.1) is 11.6 Å². The zero-order chi connectivity index (χ0) is 14.5. The summed E-state index contributed by atoms with van der Waals surface area (Å²) in [6.07, 6.45) is 0. The molecule has 3 nitrogen and oxygen atoms in total. The summed E-state index contributed by atoms with van der Waals surface area (Å²) in [7, 11) is 0. The predicted octanol–water partition coefficient (Wildman–Crippen LogP) is 3.78. The largest absolute Gasteiger partial charge is 0.376 e. The van der Waals surface area contributed by atoms with Crippen LogP contribution in [0.1, 0.15) is 0 Å². The van der Waals surface area contributed by atoms with E-state index in [-0.39, 0.29) is 12.2 Å². The van der Waals surface area contributed by atoms with Crippen molar-refractivity contribution in [3.8, 4) is 0 Å². The maximum Gasteiger partial charge on any atom is 0.243 e. The number of hydrogen-bond donors (Lipinski definition) is 2. The summed E-state index contributed by atoms with van der Waals surface area (Å²) in [4.78, 5) is 11.7. The number of nitrogens with one attached hydrogen (secondary N) is 2. The van der Waals surface area contributed by atoms with Gasteiger partial charge in [-0.05, 0) is 30.3 Å². The quantitative estimate of drug-likeness (QED) is 0.889. The molecule has 0 aliphatic rings. The first-order valence-corrected chi connectivity index (χ1v) is 6.58. The third-order valence-corrected chi connectivity index (χ3v) is 2.97. The van der Waals surface area contributed by atoms with Crippen LogP contribution in [0.25, 0.3) is 0 Å². The minimum atomic E-state index is -0.679. The van der Waals surface area contributed by atoms with Crippen LogP contribution in [-0.2, 0) is 4.79 Å². The summed E-state index contributed by atoms with van der Waals surface area (Å²) in [5.74, 6) is -1.75. The van der Waals surface area contributed by atoms with Gasteiger partial charge in [0.1, 0.15) is 11.6 Å². The van der Waals surface area contributed by atoms with Gasteiger partial charge >= 0.3 is 0 Å². The average Bonchev–Trinajstić information content (AvgIpc) is 2.41. The molecule has 2 rings (SSSR count). The summed E-state index contributed by atoms with van der Waals surface area (Å²) in [5.41, 5.74) is 0.570. The Kier molecular flexibility index (Phi) is 4.68. The maximum atomic E-state index is 13.3. The van der Waals surface area contributed by atoms with Gasteiger partial charge in [-0.15, -0.1) is 0 Å². The third kappa shape index (κ3) is 4.03. The number of hydrogen-bond acceptors (Lipinski definition) is 2. The van der Waals surface area contributed by atoms with E-state index in [1.807, 2.05) is 12.1 Å². The molecule has 104 valence electrons. The van der Waals surface area contributed by atoms with E-state index in [1.165, 1.54) is 0 Å². The summed E-state index contributed by atoms with van der Waals surface area (Å²) < 4.78 is 27.2. The monoisotopic (exact) mass is 340 g/mol. The molecular weight excluding hydrogens is 330 g/mol. The fraction of sp³-hybridized carbons (Fsp3) is 0.0714. The molecule has 0 fully saturated rings. The zero-order valence-corrected chi connectivity index (χ0v) is 11.9. The van der Waals surface area contributed by atoms with Crippen LogP contribution in [0.4, 0.5) is 20.2 Å². The Bertz CT molecular complexity index is 634. The number of benzene rings is 2. The molecule has 0 atom stereocenters. The molecular formula is C14H11BrF2N2O. The average molecular weight is 341 g/mol. The molecule has 0 saturated heterocycles. The Balaban J connectivity index is 1.94. The fourth-order valence-corrected chi connectivity index (χ4v) is 1.97. The molecule has 0 spiro atoms. The molecule has 6 heteroatoms. The first-order valence-electron chi connectivity index (χ1n) is 5.79. The van der Waals surface area contributed by atoms with Gasteiger partial charge in [0.2, 0.25) is 5.91 Å². The molecule has 0 unspecified atom stereocenters. The molecule has 0 aromatic heterocycles. The van der Waals surface area contributed by atoms with Crippen molar-refractivity contribution in [1.82, 2.24) is 0 Å². The number of carbonyl (C=O) groups excluding carboxylic acids is 1. The van der Waals surface area contributed by atoms with E-state index in [1.54, 1.807) is 12.1 Å². The number of rotatable bonds is 4. The minimum Gasteiger partial charge on any atom is -0.376 e. The summed E-state index contributed by atoms with van der Waals surface area (Å²) >= 11 is 3.31. The van der Waals surface area contributed by atoms with Crippen LogP contribution in [0.15, 0.2) is 46.9 Å². The normalized spacial score (nSPS) is 10.2. The number of halogens is 3. The third-order valence-electron chi connectivity index (χ3n) is 2.48. The van der Waals surface area contributed by atoms with Gasteiger partial charge in [-0.1, -0.05) is 22.0 Å². The first kappa shape index (κ1) is 14.5. The first-order chi connectivity index (χ1) is 9.54. The van der Waals surface area contributed by atoms with Crippen LogP contribution >= 0.6 is 15.9 Å². The van der Waals surface area contributed by atoms with Gasteiger partial charge in [0.15, 0.2) is 0 Å². The molecule has 2 N–H and O–H groups in total. The lowest BCUT2D eigenvalue weighted by Gasteiger charge is -2.09. The van der Waals surface area contributed by atoms with Crippen molar-refractivity contribution in [2.45, 2.75) is 0 Å². The van der Waals surface area contributed by atoms with E-state index in [4.69, 9.17) is 0 Å². The van der Waals surface area contributed by atoms with Crippen LogP contribution in [0.2, 0.25) is 0 Å². The van der Waals surface area contributed by atoms with Crippen molar-refractivity contribution in [3.63, 3.8) is 0 Å². The molecule has 2 aromatic rings. The highest BCUT2D eigenvalue weighted by Gasteiger charge is 2.08.